The van der Waals surface area contributed by atoms with Crippen molar-refractivity contribution in [3.8, 4) is 0 Å². The van der Waals surface area contributed by atoms with Gasteiger partial charge in [-0.2, -0.15) is 0 Å². The zero-order valence-electron chi connectivity index (χ0n) is 19.9. The molecule has 0 nitrogen and oxygen atoms in total. The van der Waals surface area contributed by atoms with E-state index < -0.39 is 0 Å². The second-order valence-electron chi connectivity index (χ2n) is 9.05. The van der Waals surface area contributed by atoms with E-state index in [0.29, 0.717) is 16.2 Å². The Bertz CT molecular complexity index is 841. The molecule has 4 aliphatic rings. The monoisotopic (exact) mass is 420 g/mol. The average Bonchev–Trinajstić information content (AvgIpc) is 3.20. The van der Waals surface area contributed by atoms with Crippen molar-refractivity contribution in [3.63, 3.8) is 0 Å². The predicted molar refractivity (Wildman–Crippen MR) is 135 cm³/mol. The van der Waals surface area contributed by atoms with E-state index in [1.54, 1.807) is 5.56 Å². The van der Waals surface area contributed by atoms with Crippen molar-refractivity contribution in [3.05, 3.63) is 71.8 Å². The molecule has 162 valence electrons. The van der Waals surface area contributed by atoms with E-state index in [9.17, 15) is 0 Å². The molecule has 0 N–H and O–H groups in total. The summed E-state index contributed by atoms with van der Waals surface area (Å²) in [4.78, 5) is 1.29. The molecule has 2 aromatic rings. The van der Waals surface area contributed by atoms with Crippen LogP contribution in [0.3, 0.4) is 0 Å². The predicted octanol–water partition coefficient (Wildman–Crippen LogP) is 8.44. The molecule has 5 unspecified atom stereocenters. The topological polar surface area (TPSA) is 0 Å². The minimum absolute atomic E-state index is 0.318. The summed E-state index contributed by atoms with van der Waals surface area (Å²) < 4.78 is 0. The Labute approximate surface area is 190 Å². The third-order valence-electron chi connectivity index (χ3n) is 8.61. The minimum Gasteiger partial charge on any atom is -0.0894 e. The van der Waals surface area contributed by atoms with Gasteiger partial charge >= 0.3 is 0 Å². The van der Waals surface area contributed by atoms with Gasteiger partial charge in [-0.25, -0.2) is 0 Å². The lowest BCUT2D eigenvalue weighted by molar-refractivity contribution is -0.178. The maximum absolute atomic E-state index is 5.91. The number of thiocarbonyl (C=S) groups is 1. The summed E-state index contributed by atoms with van der Waals surface area (Å²) in [5, 5.41) is 0. The van der Waals surface area contributed by atoms with Gasteiger partial charge in [-0.15, -0.1) is 0 Å². The molecule has 5 atom stereocenters. The Kier molecular flexibility index (Phi) is 6.92. The van der Waals surface area contributed by atoms with Crippen LogP contribution in [0.15, 0.2) is 60.7 Å². The van der Waals surface area contributed by atoms with E-state index >= 15 is 0 Å². The molecular weight excluding hydrogens is 380 g/mol. The fourth-order valence-corrected chi connectivity index (χ4v) is 8.04. The Balaban J connectivity index is 0.000000606. The van der Waals surface area contributed by atoms with Crippen LogP contribution in [0.1, 0.15) is 78.4 Å². The first-order valence-electron chi connectivity index (χ1n) is 12.2. The van der Waals surface area contributed by atoms with Gasteiger partial charge in [-0.05, 0) is 72.3 Å². The van der Waals surface area contributed by atoms with Crippen molar-refractivity contribution >= 4 is 17.1 Å². The molecule has 0 heterocycles. The van der Waals surface area contributed by atoms with E-state index in [1.807, 2.05) is 27.7 Å². The van der Waals surface area contributed by atoms with Gasteiger partial charge in [-0.1, -0.05) is 108 Å². The van der Waals surface area contributed by atoms with E-state index in [0.717, 1.165) is 11.8 Å². The maximum atomic E-state index is 5.91. The molecule has 4 fully saturated rings. The van der Waals surface area contributed by atoms with Gasteiger partial charge in [0, 0.05) is 10.8 Å². The summed E-state index contributed by atoms with van der Waals surface area (Å²) in [6.45, 7) is 12.7. The lowest BCUT2D eigenvalue weighted by Crippen LogP contribution is -2.72. The zero-order valence-corrected chi connectivity index (χ0v) is 20.7. The summed E-state index contributed by atoms with van der Waals surface area (Å²) in [5.41, 5.74) is 4.10. The summed E-state index contributed by atoms with van der Waals surface area (Å²) in [6, 6.07) is 22.5. The van der Waals surface area contributed by atoms with E-state index in [2.05, 4.69) is 74.5 Å². The van der Waals surface area contributed by atoms with Crippen LogP contribution in [0.2, 0.25) is 0 Å². The van der Waals surface area contributed by atoms with Crippen molar-refractivity contribution in [1.82, 2.24) is 0 Å². The fourth-order valence-electron chi connectivity index (χ4n) is 7.70. The van der Waals surface area contributed by atoms with E-state index in [-0.39, 0.29) is 0 Å². The van der Waals surface area contributed by atoms with Gasteiger partial charge in [0.2, 0.25) is 0 Å². The van der Waals surface area contributed by atoms with Crippen molar-refractivity contribution in [2.75, 3.05) is 0 Å². The number of hydrogen-bond donors (Lipinski definition) is 0. The van der Waals surface area contributed by atoms with Crippen LogP contribution in [-0.4, -0.2) is 4.86 Å². The molecule has 4 aliphatic carbocycles. The average molecular weight is 421 g/mol. The van der Waals surface area contributed by atoms with Crippen LogP contribution in [0.25, 0.3) is 0 Å². The van der Waals surface area contributed by atoms with Gasteiger partial charge in [-0.3, -0.25) is 0 Å². The molecular formula is C29H40S. The molecule has 2 aromatic carbocycles. The standard InChI is InChI=1S/C25H28S.2C2H6/c1-3-23(21-12-8-5-9-13-21)17-24(18(2)26)15-20-16-25(23,24)22(20)14-19-10-6-4-7-11-19;2*1-2/h4-13,20,22H,3,14-17H2,1-2H3;2*1-2H3. The molecule has 0 radical (unpaired) electrons. The molecule has 6 rings (SSSR count). The summed E-state index contributed by atoms with van der Waals surface area (Å²) in [6.07, 6.45) is 6.47. The van der Waals surface area contributed by atoms with Crippen molar-refractivity contribution in [2.24, 2.45) is 22.7 Å². The van der Waals surface area contributed by atoms with Crippen LogP contribution < -0.4 is 0 Å². The smallest absolute Gasteiger partial charge is 0.00930 e. The fraction of sp³-hybridized carbons (Fsp3) is 0.552. The Morgan fingerprint density at radius 2 is 1.47 bits per heavy atom. The molecule has 1 spiro atoms. The number of rotatable bonds is 5. The highest BCUT2D eigenvalue weighted by molar-refractivity contribution is 7.80. The Morgan fingerprint density at radius 3 is 2.00 bits per heavy atom. The first-order valence-corrected chi connectivity index (χ1v) is 12.6. The quantitative estimate of drug-likeness (QED) is 0.437. The second kappa shape index (κ2) is 8.95. The molecule has 4 saturated carbocycles. The van der Waals surface area contributed by atoms with Crippen LogP contribution in [0.4, 0.5) is 0 Å². The normalized spacial score (nSPS) is 34.7. The van der Waals surface area contributed by atoms with Gasteiger partial charge in [0.25, 0.3) is 0 Å². The maximum Gasteiger partial charge on any atom is 0.00930 e. The molecule has 0 aromatic heterocycles. The third kappa shape index (κ3) is 2.88. The van der Waals surface area contributed by atoms with Gasteiger partial charge in [0.15, 0.2) is 0 Å². The van der Waals surface area contributed by atoms with Gasteiger partial charge in [0.05, 0.1) is 0 Å². The highest BCUT2D eigenvalue weighted by Gasteiger charge is 2.85. The molecule has 2 bridgehead atoms. The number of benzene rings is 2. The van der Waals surface area contributed by atoms with E-state index in [4.69, 9.17) is 12.2 Å². The Hall–Kier alpha value is -1.47. The van der Waals surface area contributed by atoms with Crippen LogP contribution >= 0.6 is 12.2 Å². The van der Waals surface area contributed by atoms with Crippen LogP contribution in [0.5, 0.6) is 0 Å². The summed E-state index contributed by atoms with van der Waals surface area (Å²) in [7, 11) is 0. The van der Waals surface area contributed by atoms with Crippen molar-refractivity contribution in [1.29, 1.82) is 0 Å². The Morgan fingerprint density at radius 1 is 0.900 bits per heavy atom. The summed E-state index contributed by atoms with van der Waals surface area (Å²) in [5.74, 6) is 1.65. The molecule has 30 heavy (non-hydrogen) atoms. The number of hydrogen-bond acceptors (Lipinski definition) is 1. The zero-order chi connectivity index (χ0) is 22.0. The first-order chi connectivity index (χ1) is 14.6. The second-order valence-corrected chi connectivity index (χ2v) is 9.67. The van der Waals surface area contributed by atoms with Crippen molar-refractivity contribution in [2.45, 2.75) is 79.1 Å². The van der Waals surface area contributed by atoms with Crippen LogP contribution in [-0.2, 0) is 11.8 Å². The highest BCUT2D eigenvalue weighted by atomic mass is 32.1. The first kappa shape index (κ1) is 23.2. The molecule has 0 amide bonds. The van der Waals surface area contributed by atoms with E-state index in [1.165, 1.54) is 42.5 Å². The highest BCUT2D eigenvalue weighted by Crippen LogP contribution is 2.88. The summed E-state index contributed by atoms with van der Waals surface area (Å²) >= 11 is 5.91. The SMILES string of the molecule is CC.CC.CCC1(c2ccccc2)CC2(C(C)=S)CC3CC21C3Cc1ccccc1. The molecule has 0 aliphatic heterocycles. The largest absolute Gasteiger partial charge is 0.0894 e. The third-order valence-corrected chi connectivity index (χ3v) is 9.00. The lowest BCUT2D eigenvalue weighted by atomic mass is 9.29. The minimum atomic E-state index is 0.318. The van der Waals surface area contributed by atoms with Gasteiger partial charge < -0.3 is 0 Å². The van der Waals surface area contributed by atoms with Gasteiger partial charge in [0.1, 0.15) is 0 Å². The van der Waals surface area contributed by atoms with Crippen LogP contribution in [0, 0.1) is 22.7 Å². The lowest BCUT2D eigenvalue weighted by Gasteiger charge is -2.74. The molecule has 0 saturated heterocycles. The molecule has 1 heteroatoms. The van der Waals surface area contributed by atoms with Crippen molar-refractivity contribution < 1.29 is 0 Å².